The van der Waals surface area contributed by atoms with E-state index in [4.69, 9.17) is 14.2 Å². The minimum Gasteiger partial charge on any atom is -0.462 e. The lowest BCUT2D eigenvalue weighted by molar-refractivity contribution is -0.163. The highest BCUT2D eigenvalue weighted by molar-refractivity contribution is 5.70. The highest BCUT2D eigenvalue weighted by atomic mass is 16.6. The molecule has 64 heavy (non-hydrogen) atoms. The number of unbranched alkanes of at least 4 members (excludes halogenated alkanes) is 27. The summed E-state index contributed by atoms with van der Waals surface area (Å²) in [6.45, 7) is 7.72. The maximum Gasteiger partial charge on any atom is 0.306 e. The third-order valence-electron chi connectivity index (χ3n) is 11.7. The van der Waals surface area contributed by atoms with Gasteiger partial charge in [0.15, 0.2) is 6.10 Å². The van der Waals surface area contributed by atoms with Gasteiger partial charge in [0.05, 0.1) is 6.61 Å². The molecule has 0 aromatic rings. The largest absolute Gasteiger partial charge is 0.462 e. The van der Waals surface area contributed by atoms with Crippen LogP contribution in [0.25, 0.3) is 0 Å². The van der Waals surface area contributed by atoms with Crippen molar-refractivity contribution in [3.8, 4) is 0 Å². The van der Waals surface area contributed by atoms with E-state index in [9.17, 15) is 9.59 Å². The highest BCUT2D eigenvalue weighted by Crippen LogP contribution is 2.14. The van der Waals surface area contributed by atoms with E-state index in [1.165, 1.54) is 154 Å². The van der Waals surface area contributed by atoms with Crippen molar-refractivity contribution in [2.24, 2.45) is 0 Å². The minimum absolute atomic E-state index is 0.0696. The first-order valence-corrected chi connectivity index (χ1v) is 27.5. The van der Waals surface area contributed by atoms with Crippen LogP contribution in [0.5, 0.6) is 0 Å². The van der Waals surface area contributed by atoms with Gasteiger partial charge in [0.1, 0.15) is 6.61 Å². The molecule has 0 aliphatic carbocycles. The highest BCUT2D eigenvalue weighted by Gasteiger charge is 2.17. The van der Waals surface area contributed by atoms with Gasteiger partial charge in [-0.1, -0.05) is 209 Å². The van der Waals surface area contributed by atoms with E-state index in [0.717, 1.165) is 77.0 Å². The summed E-state index contributed by atoms with van der Waals surface area (Å²) in [5.74, 6) is -0.423. The Morgan fingerprint density at radius 3 is 1.03 bits per heavy atom. The maximum absolute atomic E-state index is 12.8. The molecule has 1 unspecified atom stereocenters. The SMILES string of the molecule is CCCCC/C=C\C/C=C\CCCCCCCCCC(=O)OCC(COCCCCCCCC/C=C\C/C=C\CCCCC)OC(=O)CCCCCCC/C=C\C/C=C\CCCCC. The molecule has 0 amide bonds. The van der Waals surface area contributed by atoms with Crippen LogP contribution in [0.3, 0.4) is 0 Å². The summed E-state index contributed by atoms with van der Waals surface area (Å²) >= 11 is 0. The lowest BCUT2D eigenvalue weighted by Crippen LogP contribution is -2.30. The molecule has 5 heteroatoms. The average molecular weight is 893 g/mol. The van der Waals surface area contributed by atoms with Crippen LogP contribution in [-0.4, -0.2) is 37.9 Å². The Balaban J connectivity index is 4.33. The standard InChI is InChI=1S/C59H104O5/c1-4-7-10-13-16-19-22-25-28-30-32-34-37-40-43-46-49-52-58(60)63-56-57(55-62-54-51-48-45-42-39-36-33-29-26-23-20-17-14-11-8-5-2)64-59(61)53-50-47-44-41-38-35-31-27-24-21-18-15-12-9-6-3/h16-21,25-29,31,57H,4-15,22-24,30,32-56H2,1-3H3/b19-16-,20-17-,21-18-,28-25-,29-26-,31-27-. The Morgan fingerprint density at radius 1 is 0.344 bits per heavy atom. The molecule has 0 fully saturated rings. The Morgan fingerprint density at radius 2 is 0.656 bits per heavy atom. The molecule has 0 spiro atoms. The summed E-state index contributed by atoms with van der Waals surface area (Å²) < 4.78 is 17.4. The zero-order valence-electron chi connectivity index (χ0n) is 42.5. The summed E-state index contributed by atoms with van der Waals surface area (Å²) in [7, 11) is 0. The van der Waals surface area contributed by atoms with Crippen molar-refractivity contribution >= 4 is 11.9 Å². The molecule has 0 heterocycles. The van der Waals surface area contributed by atoms with E-state index < -0.39 is 6.10 Å². The van der Waals surface area contributed by atoms with Gasteiger partial charge >= 0.3 is 11.9 Å². The predicted octanol–water partition coefficient (Wildman–Crippen LogP) is 18.7. The Labute approximate surface area is 397 Å². The smallest absolute Gasteiger partial charge is 0.306 e. The fourth-order valence-electron chi connectivity index (χ4n) is 7.54. The number of allylic oxidation sites excluding steroid dienone is 12. The van der Waals surface area contributed by atoms with Gasteiger partial charge in [0.2, 0.25) is 0 Å². The predicted molar refractivity (Wildman–Crippen MR) is 279 cm³/mol. The Hall–Kier alpha value is -2.66. The van der Waals surface area contributed by atoms with Crippen LogP contribution in [0.4, 0.5) is 0 Å². The number of ether oxygens (including phenoxy) is 3. The summed E-state index contributed by atoms with van der Waals surface area (Å²) in [5, 5.41) is 0. The first kappa shape index (κ1) is 61.3. The second-order valence-electron chi connectivity index (χ2n) is 18.1. The van der Waals surface area contributed by atoms with E-state index in [-0.39, 0.29) is 25.2 Å². The Kier molecular flexibility index (Phi) is 52.4. The van der Waals surface area contributed by atoms with Crippen LogP contribution in [-0.2, 0) is 23.8 Å². The molecule has 0 bridgehead atoms. The third-order valence-corrected chi connectivity index (χ3v) is 11.7. The topological polar surface area (TPSA) is 61.8 Å². The first-order valence-electron chi connectivity index (χ1n) is 27.5. The molecule has 370 valence electrons. The van der Waals surface area contributed by atoms with Crippen molar-refractivity contribution in [1.29, 1.82) is 0 Å². The van der Waals surface area contributed by atoms with E-state index >= 15 is 0 Å². The second kappa shape index (κ2) is 54.7. The molecular weight excluding hydrogens is 789 g/mol. The molecule has 0 aliphatic heterocycles. The van der Waals surface area contributed by atoms with E-state index in [0.29, 0.717) is 19.4 Å². The van der Waals surface area contributed by atoms with Crippen molar-refractivity contribution in [1.82, 2.24) is 0 Å². The molecule has 0 N–H and O–H groups in total. The number of carbonyl (C=O) groups excluding carboxylic acids is 2. The monoisotopic (exact) mass is 893 g/mol. The number of carbonyl (C=O) groups is 2. The number of hydrogen-bond acceptors (Lipinski definition) is 5. The molecule has 0 aromatic carbocycles. The average Bonchev–Trinajstić information content (AvgIpc) is 3.30. The van der Waals surface area contributed by atoms with Gasteiger partial charge < -0.3 is 14.2 Å². The number of rotatable bonds is 50. The molecular formula is C59H104O5. The molecule has 5 nitrogen and oxygen atoms in total. The van der Waals surface area contributed by atoms with E-state index in [1.807, 2.05) is 0 Å². The molecule has 1 atom stereocenters. The number of esters is 2. The zero-order valence-corrected chi connectivity index (χ0v) is 42.5. The molecule has 0 aliphatic rings. The maximum atomic E-state index is 12.8. The van der Waals surface area contributed by atoms with Crippen molar-refractivity contribution in [3.05, 3.63) is 72.9 Å². The summed E-state index contributed by atoms with van der Waals surface area (Å²) in [6.07, 6.45) is 70.5. The first-order chi connectivity index (χ1) is 31.6. The van der Waals surface area contributed by atoms with Crippen LogP contribution in [0.1, 0.15) is 265 Å². The second-order valence-corrected chi connectivity index (χ2v) is 18.1. The van der Waals surface area contributed by atoms with Crippen molar-refractivity contribution in [2.45, 2.75) is 271 Å². The minimum atomic E-state index is -0.555. The lowest BCUT2D eigenvalue weighted by atomic mass is 10.1. The summed E-state index contributed by atoms with van der Waals surface area (Å²) in [4.78, 5) is 25.5. The zero-order chi connectivity index (χ0) is 46.3. The van der Waals surface area contributed by atoms with Gasteiger partial charge in [-0.2, -0.15) is 0 Å². The lowest BCUT2D eigenvalue weighted by Gasteiger charge is -2.18. The van der Waals surface area contributed by atoms with Crippen LogP contribution < -0.4 is 0 Å². The van der Waals surface area contributed by atoms with E-state index in [2.05, 4.69) is 93.7 Å². The molecule has 0 saturated heterocycles. The molecule has 0 aromatic heterocycles. The fourth-order valence-corrected chi connectivity index (χ4v) is 7.54. The van der Waals surface area contributed by atoms with Gasteiger partial charge in [-0.25, -0.2) is 0 Å². The fraction of sp³-hybridized carbons (Fsp3) is 0.763. The van der Waals surface area contributed by atoms with Gasteiger partial charge in [0.25, 0.3) is 0 Å². The van der Waals surface area contributed by atoms with Crippen molar-refractivity contribution in [2.75, 3.05) is 19.8 Å². The van der Waals surface area contributed by atoms with Gasteiger partial charge in [-0.05, 0) is 116 Å². The molecule has 0 radical (unpaired) electrons. The van der Waals surface area contributed by atoms with Crippen LogP contribution in [0.2, 0.25) is 0 Å². The third kappa shape index (κ3) is 52.0. The van der Waals surface area contributed by atoms with Crippen LogP contribution in [0.15, 0.2) is 72.9 Å². The van der Waals surface area contributed by atoms with Crippen LogP contribution in [0, 0.1) is 0 Å². The molecule has 0 rings (SSSR count). The summed E-state index contributed by atoms with van der Waals surface area (Å²) in [5.41, 5.74) is 0. The van der Waals surface area contributed by atoms with E-state index in [1.54, 1.807) is 0 Å². The normalized spacial score (nSPS) is 12.7. The molecule has 0 saturated carbocycles. The Bertz CT molecular complexity index is 1150. The van der Waals surface area contributed by atoms with Gasteiger partial charge in [0, 0.05) is 19.4 Å². The number of hydrogen-bond donors (Lipinski definition) is 0. The van der Waals surface area contributed by atoms with Crippen molar-refractivity contribution in [3.63, 3.8) is 0 Å². The van der Waals surface area contributed by atoms with Gasteiger partial charge in [-0.15, -0.1) is 0 Å². The quantitative estimate of drug-likeness (QED) is 0.0346. The van der Waals surface area contributed by atoms with Crippen molar-refractivity contribution < 1.29 is 23.8 Å². The van der Waals surface area contributed by atoms with Crippen LogP contribution >= 0.6 is 0 Å². The summed E-state index contributed by atoms with van der Waals surface area (Å²) in [6, 6.07) is 0. The van der Waals surface area contributed by atoms with Gasteiger partial charge in [-0.3, -0.25) is 9.59 Å².